The summed E-state index contributed by atoms with van der Waals surface area (Å²) in [4.78, 5) is 4.08. The highest BCUT2D eigenvalue weighted by atomic mass is 35.5. The predicted octanol–water partition coefficient (Wildman–Crippen LogP) is 5.93. The molecule has 0 aliphatic heterocycles. The molecule has 0 saturated carbocycles. The van der Waals surface area contributed by atoms with Gasteiger partial charge in [-0.05, 0) is 54.1 Å². The molecule has 0 amide bonds. The third kappa shape index (κ3) is 4.16. The zero-order valence-electron chi connectivity index (χ0n) is 14.1. The van der Waals surface area contributed by atoms with Crippen LogP contribution in [0.25, 0.3) is 17.1 Å². The van der Waals surface area contributed by atoms with Gasteiger partial charge in [0.1, 0.15) is 0 Å². The van der Waals surface area contributed by atoms with Crippen LogP contribution in [0.15, 0.2) is 78.2 Å². The zero-order valence-corrected chi connectivity index (χ0v) is 16.4. The van der Waals surface area contributed by atoms with E-state index in [0.717, 1.165) is 38.6 Å². The van der Waals surface area contributed by atoms with Crippen molar-refractivity contribution < 1.29 is 0 Å². The van der Waals surface area contributed by atoms with Crippen LogP contribution < -0.4 is 0 Å². The van der Waals surface area contributed by atoms with Crippen molar-refractivity contribution in [1.82, 2.24) is 19.7 Å². The van der Waals surface area contributed by atoms with E-state index < -0.39 is 0 Å². The van der Waals surface area contributed by atoms with Crippen molar-refractivity contribution in [2.75, 3.05) is 0 Å². The maximum atomic E-state index is 6.09. The third-order valence-electron chi connectivity index (χ3n) is 3.91. The molecule has 2 aromatic carbocycles. The van der Waals surface area contributed by atoms with E-state index in [-0.39, 0.29) is 0 Å². The fourth-order valence-corrected chi connectivity index (χ4v) is 3.88. The maximum Gasteiger partial charge on any atom is 0.196 e. The smallest absolute Gasteiger partial charge is 0.196 e. The van der Waals surface area contributed by atoms with E-state index in [1.165, 1.54) is 0 Å². The summed E-state index contributed by atoms with van der Waals surface area (Å²) in [5.41, 5.74) is 3.02. The number of hydrogen-bond donors (Lipinski definition) is 0. The largest absolute Gasteiger partial charge is 0.270 e. The Morgan fingerprint density at radius 3 is 2.37 bits per heavy atom. The van der Waals surface area contributed by atoms with E-state index in [1.807, 2.05) is 65.2 Å². The van der Waals surface area contributed by atoms with E-state index in [0.29, 0.717) is 5.02 Å². The van der Waals surface area contributed by atoms with Gasteiger partial charge in [-0.15, -0.1) is 10.2 Å². The van der Waals surface area contributed by atoms with Gasteiger partial charge in [0.05, 0.1) is 0 Å². The van der Waals surface area contributed by atoms with Crippen LogP contribution in [0.5, 0.6) is 0 Å². The average molecular weight is 413 g/mol. The van der Waals surface area contributed by atoms with Crippen molar-refractivity contribution >= 4 is 35.0 Å². The fourth-order valence-electron chi connectivity index (χ4n) is 2.65. The molecule has 0 atom stereocenters. The topological polar surface area (TPSA) is 43.6 Å². The van der Waals surface area contributed by atoms with Crippen LogP contribution in [0.2, 0.25) is 10.0 Å². The van der Waals surface area contributed by atoms with E-state index >= 15 is 0 Å². The van der Waals surface area contributed by atoms with E-state index in [1.54, 1.807) is 24.2 Å². The molecule has 27 heavy (non-hydrogen) atoms. The Hall–Kier alpha value is -2.34. The molecule has 0 radical (unpaired) electrons. The van der Waals surface area contributed by atoms with E-state index in [2.05, 4.69) is 15.2 Å². The van der Waals surface area contributed by atoms with Gasteiger partial charge < -0.3 is 0 Å². The molecule has 0 N–H and O–H groups in total. The summed E-state index contributed by atoms with van der Waals surface area (Å²) < 4.78 is 2.03. The summed E-state index contributed by atoms with van der Waals surface area (Å²) in [6, 6.07) is 19.3. The first-order valence-corrected chi connectivity index (χ1v) is 9.94. The molecule has 0 fully saturated rings. The molecule has 4 aromatic rings. The van der Waals surface area contributed by atoms with Crippen LogP contribution in [-0.4, -0.2) is 19.7 Å². The SMILES string of the molecule is Clc1ccc(-n2c(SCc3cccc(Cl)c3)nnc2-c2ccncc2)cc1. The minimum Gasteiger partial charge on any atom is -0.270 e. The standard InChI is InChI=1S/C20H14Cl2N4S/c21-16-4-6-18(7-5-16)26-19(15-8-10-23-11-9-15)24-25-20(26)27-13-14-2-1-3-17(22)12-14/h1-12H,13H2. The lowest BCUT2D eigenvalue weighted by molar-refractivity contribution is 0.886. The van der Waals surface area contributed by atoms with Gasteiger partial charge in [-0.25, -0.2) is 0 Å². The highest BCUT2D eigenvalue weighted by Crippen LogP contribution is 2.30. The van der Waals surface area contributed by atoms with Crippen LogP contribution in [-0.2, 0) is 5.75 Å². The van der Waals surface area contributed by atoms with Crippen LogP contribution in [0.1, 0.15) is 5.56 Å². The second kappa shape index (κ2) is 8.13. The first-order chi connectivity index (χ1) is 13.2. The van der Waals surface area contributed by atoms with Crippen molar-refractivity contribution in [1.29, 1.82) is 0 Å². The summed E-state index contributed by atoms with van der Waals surface area (Å²) in [6.45, 7) is 0. The molecule has 4 rings (SSSR count). The Morgan fingerprint density at radius 2 is 1.63 bits per heavy atom. The first kappa shape index (κ1) is 18.0. The molecule has 2 aromatic heterocycles. The monoisotopic (exact) mass is 412 g/mol. The van der Waals surface area contributed by atoms with Gasteiger partial charge in [0.25, 0.3) is 0 Å². The molecule has 134 valence electrons. The van der Waals surface area contributed by atoms with Gasteiger partial charge in [-0.1, -0.05) is 47.1 Å². The van der Waals surface area contributed by atoms with Crippen molar-refractivity contribution in [3.63, 3.8) is 0 Å². The Morgan fingerprint density at radius 1 is 0.852 bits per heavy atom. The number of rotatable bonds is 5. The molecule has 0 unspecified atom stereocenters. The second-order valence-electron chi connectivity index (χ2n) is 5.77. The summed E-state index contributed by atoms with van der Waals surface area (Å²) >= 11 is 13.8. The minimum absolute atomic E-state index is 0.686. The summed E-state index contributed by atoms with van der Waals surface area (Å²) in [5.74, 6) is 1.50. The molecule has 7 heteroatoms. The zero-order chi connectivity index (χ0) is 18.6. The maximum absolute atomic E-state index is 6.09. The molecule has 4 nitrogen and oxygen atoms in total. The Labute approximate surface area is 171 Å². The van der Waals surface area contributed by atoms with Gasteiger partial charge in [0.15, 0.2) is 11.0 Å². The van der Waals surface area contributed by atoms with Crippen LogP contribution in [0, 0.1) is 0 Å². The molecule has 0 saturated heterocycles. The van der Waals surface area contributed by atoms with Gasteiger partial charge in [0, 0.05) is 39.4 Å². The predicted molar refractivity (Wildman–Crippen MR) is 111 cm³/mol. The lowest BCUT2D eigenvalue weighted by Gasteiger charge is -2.10. The molecule has 0 bridgehead atoms. The van der Waals surface area contributed by atoms with Crippen LogP contribution in [0.3, 0.4) is 0 Å². The molecule has 0 aliphatic rings. The van der Waals surface area contributed by atoms with Gasteiger partial charge in [-0.3, -0.25) is 9.55 Å². The number of hydrogen-bond acceptors (Lipinski definition) is 4. The molecule has 0 aliphatic carbocycles. The molecule has 2 heterocycles. The molecular weight excluding hydrogens is 399 g/mol. The number of thioether (sulfide) groups is 1. The molecule has 0 spiro atoms. The lowest BCUT2D eigenvalue weighted by Crippen LogP contribution is -1.99. The summed E-state index contributed by atoms with van der Waals surface area (Å²) in [6.07, 6.45) is 3.49. The van der Waals surface area contributed by atoms with E-state index in [4.69, 9.17) is 23.2 Å². The summed E-state index contributed by atoms with van der Waals surface area (Å²) in [7, 11) is 0. The average Bonchev–Trinajstić information content (AvgIpc) is 3.12. The van der Waals surface area contributed by atoms with Crippen molar-refractivity contribution in [2.45, 2.75) is 10.9 Å². The quantitative estimate of drug-likeness (QED) is 0.381. The number of pyridine rings is 1. The third-order valence-corrected chi connectivity index (χ3v) is 5.40. The highest BCUT2D eigenvalue weighted by molar-refractivity contribution is 7.98. The number of benzene rings is 2. The fraction of sp³-hybridized carbons (Fsp3) is 0.0500. The van der Waals surface area contributed by atoms with Gasteiger partial charge in [0.2, 0.25) is 0 Å². The number of aromatic nitrogens is 4. The van der Waals surface area contributed by atoms with Crippen LogP contribution >= 0.6 is 35.0 Å². The normalized spacial score (nSPS) is 10.9. The van der Waals surface area contributed by atoms with Crippen LogP contribution in [0.4, 0.5) is 0 Å². The lowest BCUT2D eigenvalue weighted by atomic mass is 10.2. The minimum atomic E-state index is 0.686. The Balaban J connectivity index is 1.73. The second-order valence-corrected chi connectivity index (χ2v) is 7.59. The highest BCUT2D eigenvalue weighted by Gasteiger charge is 2.16. The summed E-state index contributed by atoms with van der Waals surface area (Å²) in [5, 5.41) is 11.0. The number of nitrogens with zero attached hydrogens (tertiary/aromatic N) is 4. The Bertz CT molecular complexity index is 1050. The van der Waals surface area contributed by atoms with Crippen molar-refractivity contribution in [2.24, 2.45) is 0 Å². The van der Waals surface area contributed by atoms with E-state index in [9.17, 15) is 0 Å². The van der Waals surface area contributed by atoms with Gasteiger partial charge in [-0.2, -0.15) is 0 Å². The first-order valence-electron chi connectivity index (χ1n) is 8.20. The molecular formula is C20H14Cl2N4S. The number of halogens is 2. The van der Waals surface area contributed by atoms with Gasteiger partial charge >= 0.3 is 0 Å². The van der Waals surface area contributed by atoms with Crippen molar-refractivity contribution in [3.8, 4) is 17.1 Å². The van der Waals surface area contributed by atoms with Crippen molar-refractivity contribution in [3.05, 3.63) is 88.7 Å². The Kier molecular flexibility index (Phi) is 5.43.